The Morgan fingerprint density at radius 1 is 1.30 bits per heavy atom. The molecule has 2 rings (SSSR count). The van der Waals surface area contributed by atoms with Gasteiger partial charge in [-0.1, -0.05) is 19.9 Å². The van der Waals surface area contributed by atoms with Gasteiger partial charge in [0, 0.05) is 6.54 Å². The summed E-state index contributed by atoms with van der Waals surface area (Å²) in [5.74, 6) is 1.05. The van der Waals surface area contributed by atoms with Crippen molar-refractivity contribution in [2.45, 2.75) is 52.1 Å². The predicted octanol–water partition coefficient (Wildman–Crippen LogP) is 3.36. The van der Waals surface area contributed by atoms with Crippen LogP contribution in [0, 0.1) is 0 Å². The van der Waals surface area contributed by atoms with Crippen LogP contribution in [0.25, 0.3) is 0 Å². The number of unbranched alkanes of at least 4 members (excludes halogenated alkanes) is 1. The number of hydrogen-bond donors (Lipinski definition) is 1. The number of ether oxygens (including phenoxy) is 1. The molecule has 1 heterocycles. The maximum Gasteiger partial charge on any atom is 0.143 e. The van der Waals surface area contributed by atoms with Gasteiger partial charge in [0.15, 0.2) is 0 Å². The van der Waals surface area contributed by atoms with E-state index >= 15 is 0 Å². The maximum absolute atomic E-state index is 6.08. The van der Waals surface area contributed by atoms with Gasteiger partial charge in [-0.15, -0.1) is 0 Å². The highest BCUT2D eigenvalue weighted by atomic mass is 16.5. The molecule has 1 aliphatic rings. The summed E-state index contributed by atoms with van der Waals surface area (Å²) < 4.78 is 6.08. The highest BCUT2D eigenvalue weighted by Crippen LogP contribution is 2.35. The van der Waals surface area contributed by atoms with E-state index in [2.05, 4.69) is 36.9 Å². The Hall–Kier alpha value is -1.22. The fraction of sp³-hybridized carbons (Fsp3) is 0.647. The largest absolute Gasteiger partial charge is 0.486 e. The Labute approximate surface area is 123 Å². The summed E-state index contributed by atoms with van der Waals surface area (Å²) >= 11 is 0. The monoisotopic (exact) mass is 276 g/mol. The van der Waals surface area contributed by atoms with Crippen molar-refractivity contribution in [2.75, 3.05) is 24.5 Å². The lowest BCUT2D eigenvalue weighted by Crippen LogP contribution is -2.40. The number of nitrogens with two attached hydrogens (primary N) is 1. The lowest BCUT2D eigenvalue weighted by Gasteiger charge is -2.36. The van der Waals surface area contributed by atoms with Crippen LogP contribution in [0.3, 0.4) is 0 Å². The van der Waals surface area contributed by atoms with Crippen molar-refractivity contribution in [1.29, 1.82) is 0 Å². The van der Waals surface area contributed by atoms with E-state index in [9.17, 15) is 0 Å². The number of fused-ring (bicyclic) bond motifs is 1. The first-order valence-electron chi connectivity index (χ1n) is 8.03. The van der Waals surface area contributed by atoms with Crippen LogP contribution >= 0.6 is 0 Å². The third kappa shape index (κ3) is 3.66. The van der Waals surface area contributed by atoms with Crippen LogP contribution in [0.5, 0.6) is 5.75 Å². The van der Waals surface area contributed by atoms with E-state index in [1.807, 2.05) is 0 Å². The molecule has 0 aromatic heterocycles. The molecular weight excluding hydrogens is 248 g/mol. The third-order valence-corrected chi connectivity index (χ3v) is 3.95. The minimum Gasteiger partial charge on any atom is -0.486 e. The molecule has 0 spiro atoms. The van der Waals surface area contributed by atoms with Crippen molar-refractivity contribution in [2.24, 2.45) is 5.73 Å². The van der Waals surface area contributed by atoms with Crippen molar-refractivity contribution in [3.8, 4) is 5.75 Å². The van der Waals surface area contributed by atoms with Crippen molar-refractivity contribution >= 4 is 5.69 Å². The molecule has 0 amide bonds. The second-order valence-corrected chi connectivity index (χ2v) is 5.64. The van der Waals surface area contributed by atoms with Crippen LogP contribution in [0.4, 0.5) is 5.69 Å². The van der Waals surface area contributed by atoms with Gasteiger partial charge in [-0.05, 0) is 56.3 Å². The lowest BCUT2D eigenvalue weighted by atomic mass is 10.0. The summed E-state index contributed by atoms with van der Waals surface area (Å²) in [5, 5.41) is 0. The van der Waals surface area contributed by atoms with Crippen LogP contribution in [0.1, 0.15) is 45.1 Å². The number of aryl methyl sites for hydroxylation is 1. The highest BCUT2D eigenvalue weighted by Gasteiger charge is 2.24. The first kappa shape index (κ1) is 15.2. The normalized spacial score (nSPS) is 17.8. The van der Waals surface area contributed by atoms with Crippen LogP contribution in [-0.4, -0.2) is 25.7 Å². The van der Waals surface area contributed by atoms with Crippen LogP contribution in [0.15, 0.2) is 18.2 Å². The number of benzene rings is 1. The van der Waals surface area contributed by atoms with Gasteiger partial charge in [0.25, 0.3) is 0 Å². The van der Waals surface area contributed by atoms with Gasteiger partial charge in [0.1, 0.15) is 11.9 Å². The molecule has 3 nitrogen and oxygen atoms in total. The SMILES string of the molecule is CCCN1CC(CC)Oc2ccc(CCCCN)cc21. The molecule has 0 radical (unpaired) electrons. The average molecular weight is 276 g/mol. The van der Waals surface area contributed by atoms with Crippen molar-refractivity contribution in [3.63, 3.8) is 0 Å². The lowest BCUT2D eigenvalue weighted by molar-refractivity contribution is 0.189. The highest BCUT2D eigenvalue weighted by molar-refractivity contribution is 5.61. The quantitative estimate of drug-likeness (QED) is 0.776. The molecule has 1 aliphatic heterocycles. The van der Waals surface area contributed by atoms with Crippen molar-refractivity contribution in [1.82, 2.24) is 0 Å². The smallest absolute Gasteiger partial charge is 0.143 e. The van der Waals surface area contributed by atoms with Gasteiger partial charge in [0.2, 0.25) is 0 Å². The summed E-state index contributed by atoms with van der Waals surface area (Å²) in [6, 6.07) is 6.67. The van der Waals surface area contributed by atoms with E-state index in [0.717, 1.165) is 44.6 Å². The molecule has 0 saturated carbocycles. The number of nitrogens with zero attached hydrogens (tertiary/aromatic N) is 1. The van der Waals surface area contributed by atoms with E-state index in [1.54, 1.807) is 0 Å². The first-order chi connectivity index (χ1) is 9.78. The minimum absolute atomic E-state index is 0.331. The van der Waals surface area contributed by atoms with Crippen LogP contribution < -0.4 is 15.4 Å². The maximum atomic E-state index is 6.08. The van der Waals surface area contributed by atoms with E-state index in [-0.39, 0.29) is 0 Å². The molecule has 1 aromatic carbocycles. The van der Waals surface area contributed by atoms with Crippen molar-refractivity contribution < 1.29 is 4.74 Å². The summed E-state index contributed by atoms with van der Waals surface area (Å²) in [4.78, 5) is 2.49. The molecule has 0 saturated heterocycles. The topological polar surface area (TPSA) is 38.5 Å². The molecule has 0 aliphatic carbocycles. The van der Waals surface area contributed by atoms with Gasteiger partial charge < -0.3 is 15.4 Å². The Balaban J connectivity index is 2.14. The number of rotatable bonds is 7. The van der Waals surface area contributed by atoms with E-state index in [0.29, 0.717) is 6.10 Å². The average Bonchev–Trinajstić information content (AvgIpc) is 2.48. The van der Waals surface area contributed by atoms with E-state index in [1.165, 1.54) is 24.1 Å². The Morgan fingerprint density at radius 2 is 2.15 bits per heavy atom. The summed E-state index contributed by atoms with van der Waals surface area (Å²) in [6.07, 6.45) is 5.95. The molecule has 0 bridgehead atoms. The molecule has 112 valence electrons. The van der Waals surface area contributed by atoms with E-state index < -0.39 is 0 Å². The first-order valence-corrected chi connectivity index (χ1v) is 8.03. The zero-order valence-corrected chi connectivity index (χ0v) is 12.9. The molecule has 3 heteroatoms. The number of hydrogen-bond acceptors (Lipinski definition) is 3. The standard InChI is InChI=1S/C17H28N2O/c1-3-11-19-13-15(4-2)20-17-9-8-14(12-16(17)19)7-5-6-10-18/h8-9,12,15H,3-7,10-11,13,18H2,1-2H3. The molecule has 1 atom stereocenters. The summed E-state index contributed by atoms with van der Waals surface area (Å²) in [6.45, 7) is 7.35. The molecule has 20 heavy (non-hydrogen) atoms. The fourth-order valence-electron chi connectivity index (χ4n) is 2.79. The van der Waals surface area contributed by atoms with Gasteiger partial charge in [-0.25, -0.2) is 0 Å². The molecular formula is C17H28N2O. The van der Waals surface area contributed by atoms with Gasteiger partial charge in [-0.2, -0.15) is 0 Å². The van der Waals surface area contributed by atoms with Crippen molar-refractivity contribution in [3.05, 3.63) is 23.8 Å². The molecule has 0 fully saturated rings. The molecule has 2 N–H and O–H groups in total. The van der Waals surface area contributed by atoms with E-state index in [4.69, 9.17) is 10.5 Å². The molecule has 1 unspecified atom stereocenters. The van der Waals surface area contributed by atoms with Gasteiger partial charge >= 0.3 is 0 Å². The van der Waals surface area contributed by atoms with Gasteiger partial charge in [0.05, 0.1) is 12.2 Å². The summed E-state index contributed by atoms with van der Waals surface area (Å²) in [7, 11) is 0. The second kappa shape index (κ2) is 7.53. The zero-order valence-electron chi connectivity index (χ0n) is 12.9. The van der Waals surface area contributed by atoms with Crippen LogP contribution in [0.2, 0.25) is 0 Å². The second-order valence-electron chi connectivity index (χ2n) is 5.64. The zero-order chi connectivity index (χ0) is 14.4. The molecule has 1 aromatic rings. The fourth-order valence-corrected chi connectivity index (χ4v) is 2.79. The van der Waals surface area contributed by atoms with Gasteiger partial charge in [-0.3, -0.25) is 0 Å². The Kier molecular flexibility index (Phi) is 5.72. The Morgan fingerprint density at radius 3 is 2.85 bits per heavy atom. The summed E-state index contributed by atoms with van der Waals surface area (Å²) in [5.41, 5.74) is 8.25. The van der Waals surface area contributed by atoms with Crippen LogP contribution in [-0.2, 0) is 6.42 Å². The minimum atomic E-state index is 0.331. The predicted molar refractivity (Wildman–Crippen MR) is 85.6 cm³/mol. The Bertz CT molecular complexity index is 419. The third-order valence-electron chi connectivity index (χ3n) is 3.95. The number of anilines is 1.